The number of carbonyl (C=O) groups excluding carboxylic acids is 1. The van der Waals surface area contributed by atoms with Crippen LogP contribution < -0.4 is 15.4 Å². The van der Waals surface area contributed by atoms with Crippen LogP contribution in [0.3, 0.4) is 0 Å². The van der Waals surface area contributed by atoms with Crippen molar-refractivity contribution < 1.29 is 43.8 Å². The highest BCUT2D eigenvalue weighted by atomic mass is 16.7. The fourth-order valence-corrected chi connectivity index (χ4v) is 12.4. The number of fused-ring (bicyclic) bond motifs is 7. The molecule has 0 aromatic heterocycles. The summed E-state index contributed by atoms with van der Waals surface area (Å²) < 4.78 is 31.4. The standard InChI is InChI=1S/C42H62N2O9/c1-23-12-17-42(50-22-23)24(2)34-32(53-42)19-31-29-11-8-26-18-28(13-15-40(26,3)30(29)14-16-41(31,34)4)51-38-35(37(47)36(46)33(21-45)52-38)44-39(48)43-20-25-6-9-27(49-5)10-7-25/h6-10,23-24,28-38,45-47H,11-22H2,1-5H3,(H2,43,44,48)/t23-,24+,28+,29-,30+,31+,32+,33-,34+,35-,36-,37-,38-,40+,41+,42-/m1/s1. The van der Waals surface area contributed by atoms with Crippen molar-refractivity contribution in [3.05, 3.63) is 41.5 Å². The first-order valence-corrected chi connectivity index (χ1v) is 20.4. The molecule has 0 unspecified atom stereocenters. The molecule has 8 rings (SSSR count). The Labute approximate surface area is 314 Å². The maximum atomic E-state index is 13.1. The number of hydrogen-bond donors (Lipinski definition) is 5. The highest BCUT2D eigenvalue weighted by molar-refractivity contribution is 5.74. The lowest BCUT2D eigenvalue weighted by Crippen LogP contribution is -2.66. The van der Waals surface area contributed by atoms with E-state index in [1.807, 2.05) is 24.3 Å². The number of methoxy groups -OCH3 is 1. The van der Waals surface area contributed by atoms with Gasteiger partial charge in [0.2, 0.25) is 0 Å². The molecule has 5 N–H and O–H groups in total. The van der Waals surface area contributed by atoms with Gasteiger partial charge < -0.3 is 49.6 Å². The average molecular weight is 739 g/mol. The third-order valence-electron chi connectivity index (χ3n) is 15.4. The van der Waals surface area contributed by atoms with Crippen molar-refractivity contribution >= 4 is 6.03 Å². The number of rotatable bonds is 7. The maximum absolute atomic E-state index is 13.1. The number of aliphatic hydroxyl groups is 3. The van der Waals surface area contributed by atoms with Crippen LogP contribution in [0.2, 0.25) is 0 Å². The van der Waals surface area contributed by atoms with Gasteiger partial charge in [-0.15, -0.1) is 0 Å². The van der Waals surface area contributed by atoms with E-state index in [4.69, 9.17) is 23.7 Å². The van der Waals surface area contributed by atoms with E-state index in [0.717, 1.165) is 56.4 Å². The van der Waals surface area contributed by atoms with E-state index in [9.17, 15) is 20.1 Å². The molecule has 16 atom stereocenters. The molecule has 4 aliphatic carbocycles. The summed E-state index contributed by atoms with van der Waals surface area (Å²) in [7, 11) is 1.60. The SMILES string of the molecule is COc1ccc(CNC(=O)N[C@H]2[C@H](O[C@H]3CC[C@@]4(C)C(=CC[C@H]5[C@@H]6C[C@@H]7O[C@]8(CC[C@@H](C)CO8)[C@@H](C)[C@@H]7[C@@]6(C)CC[C@@H]54)C3)O[C@H](CO)[C@@H](O)[C@@H]2O)cc1. The summed E-state index contributed by atoms with van der Waals surface area (Å²) in [6.07, 6.45) is 7.19. The molecular weight excluding hydrogens is 676 g/mol. The average Bonchev–Trinajstić information content (AvgIpc) is 3.60. The van der Waals surface area contributed by atoms with Gasteiger partial charge in [0.15, 0.2) is 12.1 Å². The molecule has 11 nitrogen and oxygen atoms in total. The lowest BCUT2D eigenvalue weighted by atomic mass is 9.47. The monoisotopic (exact) mass is 738 g/mol. The Hall–Kier alpha value is -2.25. The Balaban J connectivity index is 0.929. The highest BCUT2D eigenvalue weighted by Gasteiger charge is 2.68. The fraction of sp³-hybridized carbons (Fsp3) is 0.786. The van der Waals surface area contributed by atoms with E-state index in [1.54, 1.807) is 7.11 Å². The number of hydrogen-bond acceptors (Lipinski definition) is 9. The topological polar surface area (TPSA) is 148 Å². The molecule has 53 heavy (non-hydrogen) atoms. The largest absolute Gasteiger partial charge is 0.497 e. The molecule has 2 amide bonds. The molecule has 3 aliphatic heterocycles. The van der Waals surface area contributed by atoms with Gasteiger partial charge in [0.05, 0.1) is 32.5 Å². The minimum Gasteiger partial charge on any atom is -0.497 e. The van der Waals surface area contributed by atoms with Gasteiger partial charge in [-0.25, -0.2) is 4.79 Å². The van der Waals surface area contributed by atoms with Crippen molar-refractivity contribution in [2.24, 2.45) is 46.3 Å². The summed E-state index contributed by atoms with van der Waals surface area (Å²) >= 11 is 0. The number of amides is 2. The predicted molar refractivity (Wildman–Crippen MR) is 196 cm³/mol. The number of carbonyl (C=O) groups is 1. The molecule has 6 fully saturated rings. The number of nitrogens with one attached hydrogen (secondary N) is 2. The van der Waals surface area contributed by atoms with Gasteiger partial charge in [0, 0.05) is 18.9 Å². The van der Waals surface area contributed by atoms with Crippen molar-refractivity contribution in [2.75, 3.05) is 20.3 Å². The van der Waals surface area contributed by atoms with Gasteiger partial charge in [-0.1, -0.05) is 51.5 Å². The van der Waals surface area contributed by atoms with Crippen molar-refractivity contribution in [1.29, 1.82) is 0 Å². The van der Waals surface area contributed by atoms with Crippen molar-refractivity contribution in [3.8, 4) is 5.75 Å². The van der Waals surface area contributed by atoms with Crippen LogP contribution in [0.25, 0.3) is 0 Å². The molecule has 294 valence electrons. The zero-order chi connectivity index (χ0) is 37.3. The Bertz CT molecular complexity index is 1510. The Kier molecular flexibility index (Phi) is 10.2. The van der Waals surface area contributed by atoms with Crippen LogP contribution in [-0.2, 0) is 25.5 Å². The highest BCUT2D eigenvalue weighted by Crippen LogP contribution is 2.70. The summed E-state index contributed by atoms with van der Waals surface area (Å²) in [5.41, 5.74) is 2.68. The van der Waals surface area contributed by atoms with Crippen molar-refractivity contribution in [2.45, 2.75) is 141 Å². The van der Waals surface area contributed by atoms with Crippen LogP contribution in [-0.4, -0.2) is 90.3 Å². The third kappa shape index (κ3) is 6.44. The second-order valence-corrected chi connectivity index (χ2v) is 18.2. The molecule has 1 aromatic carbocycles. The number of benzene rings is 1. The van der Waals surface area contributed by atoms with Gasteiger partial charge >= 0.3 is 6.03 Å². The Morgan fingerprint density at radius 2 is 1.81 bits per heavy atom. The van der Waals surface area contributed by atoms with Gasteiger partial charge in [-0.05, 0) is 109 Å². The normalized spacial score (nSPS) is 47.5. The lowest BCUT2D eigenvalue weighted by molar-refractivity contribution is -0.283. The fourth-order valence-electron chi connectivity index (χ4n) is 12.4. The molecule has 0 radical (unpaired) electrons. The molecule has 11 heteroatoms. The third-order valence-corrected chi connectivity index (χ3v) is 15.4. The van der Waals surface area contributed by atoms with E-state index >= 15 is 0 Å². The van der Waals surface area contributed by atoms with Gasteiger partial charge in [0.25, 0.3) is 0 Å². The first-order valence-electron chi connectivity index (χ1n) is 20.4. The molecule has 3 saturated heterocycles. The summed E-state index contributed by atoms with van der Waals surface area (Å²) in [6.45, 7) is 10.3. The van der Waals surface area contributed by atoms with Crippen LogP contribution >= 0.6 is 0 Å². The molecule has 0 bridgehead atoms. The molecular formula is C42H62N2O9. The van der Waals surface area contributed by atoms with Crippen molar-refractivity contribution in [3.63, 3.8) is 0 Å². The summed E-state index contributed by atoms with van der Waals surface area (Å²) in [5, 5.41) is 37.4. The maximum Gasteiger partial charge on any atom is 0.315 e. The van der Waals surface area contributed by atoms with E-state index in [-0.39, 0.29) is 35.4 Å². The first-order chi connectivity index (χ1) is 25.4. The van der Waals surface area contributed by atoms with Crippen LogP contribution in [0.5, 0.6) is 5.75 Å². The second-order valence-electron chi connectivity index (χ2n) is 18.2. The van der Waals surface area contributed by atoms with Crippen LogP contribution in [0.15, 0.2) is 35.9 Å². The number of aliphatic hydroxyl groups excluding tert-OH is 3. The van der Waals surface area contributed by atoms with Gasteiger partial charge in [-0.2, -0.15) is 0 Å². The van der Waals surface area contributed by atoms with Crippen molar-refractivity contribution in [1.82, 2.24) is 10.6 Å². The van der Waals surface area contributed by atoms with Crippen LogP contribution in [0.4, 0.5) is 4.79 Å². The second kappa shape index (κ2) is 14.4. The summed E-state index contributed by atoms with van der Waals surface area (Å²) in [6, 6.07) is 5.80. The zero-order valence-electron chi connectivity index (χ0n) is 32.2. The predicted octanol–water partition coefficient (Wildman–Crippen LogP) is 5.05. The van der Waals surface area contributed by atoms with E-state index in [0.29, 0.717) is 35.5 Å². The van der Waals surface area contributed by atoms with Crippen LogP contribution in [0.1, 0.15) is 91.0 Å². The van der Waals surface area contributed by atoms with E-state index in [2.05, 4.69) is 44.4 Å². The van der Waals surface area contributed by atoms with Gasteiger partial charge in [0.1, 0.15) is 30.1 Å². The number of allylic oxidation sites excluding steroid dienone is 1. The van der Waals surface area contributed by atoms with E-state index < -0.39 is 43.3 Å². The molecule has 1 spiro atoms. The Morgan fingerprint density at radius 3 is 2.53 bits per heavy atom. The first kappa shape index (κ1) is 37.7. The minimum absolute atomic E-state index is 0.0912. The number of ether oxygens (including phenoxy) is 5. The molecule has 3 heterocycles. The molecule has 1 aromatic rings. The Morgan fingerprint density at radius 1 is 1.02 bits per heavy atom. The smallest absolute Gasteiger partial charge is 0.315 e. The summed E-state index contributed by atoms with van der Waals surface area (Å²) in [4.78, 5) is 13.1. The van der Waals surface area contributed by atoms with Crippen LogP contribution in [0, 0.1) is 46.3 Å². The van der Waals surface area contributed by atoms with E-state index in [1.165, 1.54) is 24.8 Å². The zero-order valence-corrected chi connectivity index (χ0v) is 32.2. The van der Waals surface area contributed by atoms with Gasteiger partial charge in [-0.3, -0.25) is 0 Å². The molecule has 3 saturated carbocycles. The lowest BCUT2D eigenvalue weighted by Gasteiger charge is -2.58. The quantitative estimate of drug-likeness (QED) is 0.243. The summed E-state index contributed by atoms with van der Waals surface area (Å²) in [5.74, 6) is 3.79. The number of urea groups is 1. The minimum atomic E-state index is -1.39. The molecule has 7 aliphatic rings.